The van der Waals surface area contributed by atoms with Crippen molar-refractivity contribution in [2.45, 2.75) is 41.5 Å². The smallest absolute Gasteiger partial charge is 0.00847 e. The molecular weight excluding hydrogens is 210 g/mol. The Hall–Kier alpha value is -1.47. The van der Waals surface area contributed by atoms with Gasteiger partial charge in [0.25, 0.3) is 0 Å². The van der Waals surface area contributed by atoms with E-state index in [-0.39, 0.29) is 10.8 Å². The number of azide groups is 1. The van der Waals surface area contributed by atoms with Crippen LogP contribution in [0.2, 0.25) is 0 Å². The van der Waals surface area contributed by atoms with Crippen LogP contribution in [0.1, 0.15) is 41.5 Å². The van der Waals surface area contributed by atoms with Crippen LogP contribution in [-0.4, -0.2) is 0 Å². The first-order chi connectivity index (χ1) is 7.66. The van der Waals surface area contributed by atoms with Gasteiger partial charge in [0.1, 0.15) is 0 Å². The molecule has 1 aliphatic rings. The number of nitrogens with zero attached hydrogens (tertiary/aromatic N) is 3. The molecule has 0 spiro atoms. The van der Waals surface area contributed by atoms with Gasteiger partial charge < -0.3 is 0 Å². The van der Waals surface area contributed by atoms with Crippen molar-refractivity contribution < 1.29 is 0 Å². The van der Waals surface area contributed by atoms with Crippen LogP contribution in [0, 0.1) is 10.8 Å². The van der Waals surface area contributed by atoms with E-state index in [0.29, 0.717) is 0 Å². The molecule has 0 aromatic carbocycles. The molecule has 3 heteroatoms. The second kappa shape index (κ2) is 4.42. The molecule has 92 valence electrons. The Bertz CT molecular complexity index is 445. The summed E-state index contributed by atoms with van der Waals surface area (Å²) in [5.74, 6) is 0. The van der Waals surface area contributed by atoms with Gasteiger partial charge >= 0.3 is 0 Å². The highest BCUT2D eigenvalue weighted by molar-refractivity contribution is 5.56. The Morgan fingerprint density at radius 1 is 1.06 bits per heavy atom. The highest BCUT2D eigenvalue weighted by atomic mass is 15.1. The molecule has 0 atom stereocenters. The summed E-state index contributed by atoms with van der Waals surface area (Å²) < 4.78 is 0. The largest absolute Gasteiger partial charge is 0.0680 e. The van der Waals surface area contributed by atoms with Gasteiger partial charge in [0, 0.05) is 11.1 Å². The number of rotatable bonds is 1. The third kappa shape index (κ3) is 3.24. The zero-order valence-corrected chi connectivity index (χ0v) is 11.6. The molecule has 0 bridgehead atoms. The summed E-state index contributed by atoms with van der Waals surface area (Å²) in [6, 6.07) is 0. The molecule has 1 rings (SSSR count). The lowest BCUT2D eigenvalue weighted by atomic mass is 9.83. The van der Waals surface area contributed by atoms with E-state index in [1.54, 1.807) is 6.20 Å². The zero-order valence-electron chi connectivity index (χ0n) is 11.6. The number of hydrogen-bond donors (Lipinski definition) is 0. The Balaban J connectivity index is 3.26. The fourth-order valence-corrected chi connectivity index (χ4v) is 1.80. The van der Waals surface area contributed by atoms with Gasteiger partial charge in [-0.1, -0.05) is 58.8 Å². The third-order valence-corrected chi connectivity index (χ3v) is 2.84. The normalized spacial score (nSPS) is 18.8. The van der Waals surface area contributed by atoms with Crippen molar-refractivity contribution in [3.05, 3.63) is 45.5 Å². The maximum absolute atomic E-state index is 8.42. The predicted octanol–water partition coefficient (Wildman–Crippen LogP) is 5.14. The van der Waals surface area contributed by atoms with Crippen molar-refractivity contribution in [3.63, 3.8) is 0 Å². The summed E-state index contributed by atoms with van der Waals surface area (Å²) in [6.07, 6.45) is 5.95. The minimum absolute atomic E-state index is 0.0559. The van der Waals surface area contributed by atoms with E-state index in [1.807, 2.05) is 0 Å². The van der Waals surface area contributed by atoms with Crippen LogP contribution in [0.15, 0.2) is 40.2 Å². The third-order valence-electron chi connectivity index (χ3n) is 2.84. The van der Waals surface area contributed by atoms with Crippen molar-refractivity contribution in [1.82, 2.24) is 0 Å². The van der Waals surface area contributed by atoms with E-state index in [9.17, 15) is 0 Å². The van der Waals surface area contributed by atoms with Crippen molar-refractivity contribution >= 4 is 0 Å². The van der Waals surface area contributed by atoms with Crippen LogP contribution in [0.3, 0.4) is 0 Å². The Morgan fingerprint density at radius 2 is 1.65 bits per heavy atom. The molecule has 0 amide bonds. The molecule has 0 N–H and O–H groups in total. The van der Waals surface area contributed by atoms with Gasteiger partial charge in [0.05, 0.1) is 0 Å². The van der Waals surface area contributed by atoms with Gasteiger partial charge in [-0.3, -0.25) is 0 Å². The Labute approximate surface area is 104 Å². The molecule has 0 fully saturated rings. The van der Waals surface area contributed by atoms with Gasteiger partial charge in [0.15, 0.2) is 0 Å². The van der Waals surface area contributed by atoms with Crippen LogP contribution in [0.5, 0.6) is 0 Å². The minimum Gasteiger partial charge on any atom is -0.0680 e. The first kappa shape index (κ1) is 13.6. The lowest BCUT2D eigenvalue weighted by Gasteiger charge is -2.22. The average molecular weight is 231 g/mol. The molecule has 0 unspecified atom stereocenters. The highest BCUT2D eigenvalue weighted by Gasteiger charge is 2.27. The SMILES string of the molecule is CC(C)(C)C1=C/C(=C/N=[N+]=[N-])C(C(C)(C)C)=C1. The lowest BCUT2D eigenvalue weighted by molar-refractivity contribution is 0.504. The van der Waals surface area contributed by atoms with E-state index < -0.39 is 0 Å². The number of allylic oxidation sites excluding steroid dienone is 5. The first-order valence-corrected chi connectivity index (χ1v) is 5.85. The molecule has 3 nitrogen and oxygen atoms in total. The molecule has 0 saturated heterocycles. The second-order valence-corrected chi connectivity index (χ2v) is 6.45. The van der Waals surface area contributed by atoms with Gasteiger partial charge in [-0.2, -0.15) is 0 Å². The summed E-state index contributed by atoms with van der Waals surface area (Å²) in [6.45, 7) is 13.1. The van der Waals surface area contributed by atoms with E-state index in [0.717, 1.165) is 5.57 Å². The Morgan fingerprint density at radius 3 is 2.06 bits per heavy atom. The summed E-state index contributed by atoms with van der Waals surface area (Å²) in [5, 5.41) is 3.57. The summed E-state index contributed by atoms with van der Waals surface area (Å²) in [5.41, 5.74) is 12.1. The van der Waals surface area contributed by atoms with Crippen LogP contribution in [-0.2, 0) is 0 Å². The summed E-state index contributed by atoms with van der Waals surface area (Å²) in [7, 11) is 0. The van der Waals surface area contributed by atoms with Gasteiger partial charge in [-0.25, -0.2) is 0 Å². The van der Waals surface area contributed by atoms with Gasteiger partial charge in [-0.05, 0) is 33.1 Å². The molecule has 0 radical (unpaired) electrons. The molecule has 0 aromatic heterocycles. The Kier molecular flexibility index (Phi) is 3.53. The number of hydrogen-bond acceptors (Lipinski definition) is 1. The average Bonchev–Trinajstić information content (AvgIpc) is 2.56. The summed E-state index contributed by atoms with van der Waals surface area (Å²) >= 11 is 0. The van der Waals surface area contributed by atoms with E-state index >= 15 is 0 Å². The minimum atomic E-state index is 0.0559. The summed E-state index contributed by atoms with van der Waals surface area (Å²) in [4.78, 5) is 2.80. The highest BCUT2D eigenvalue weighted by Crippen LogP contribution is 2.42. The predicted molar refractivity (Wildman–Crippen MR) is 72.3 cm³/mol. The molecule has 0 aliphatic heterocycles. The molecular formula is C14H21N3. The monoisotopic (exact) mass is 231 g/mol. The van der Waals surface area contributed by atoms with Crippen molar-refractivity contribution in [2.75, 3.05) is 0 Å². The quantitative estimate of drug-likeness (QED) is 0.341. The topological polar surface area (TPSA) is 48.8 Å². The fourth-order valence-electron chi connectivity index (χ4n) is 1.80. The molecule has 0 aromatic rings. The molecule has 0 saturated carbocycles. The lowest BCUT2D eigenvalue weighted by Crippen LogP contribution is -2.10. The second-order valence-electron chi connectivity index (χ2n) is 6.45. The van der Waals surface area contributed by atoms with E-state index in [1.165, 1.54) is 11.1 Å². The van der Waals surface area contributed by atoms with Crippen LogP contribution < -0.4 is 0 Å². The van der Waals surface area contributed by atoms with Crippen molar-refractivity contribution in [1.29, 1.82) is 0 Å². The fraction of sp³-hybridized carbons (Fsp3) is 0.571. The molecule has 17 heavy (non-hydrogen) atoms. The van der Waals surface area contributed by atoms with Crippen LogP contribution in [0.25, 0.3) is 10.4 Å². The van der Waals surface area contributed by atoms with Crippen LogP contribution in [0.4, 0.5) is 0 Å². The zero-order chi connectivity index (χ0) is 13.3. The van der Waals surface area contributed by atoms with Crippen molar-refractivity contribution in [3.8, 4) is 0 Å². The van der Waals surface area contributed by atoms with Gasteiger partial charge in [-0.15, -0.1) is 0 Å². The maximum atomic E-state index is 8.42. The first-order valence-electron chi connectivity index (χ1n) is 5.85. The van der Waals surface area contributed by atoms with E-state index in [4.69, 9.17) is 5.53 Å². The van der Waals surface area contributed by atoms with Crippen molar-refractivity contribution in [2.24, 2.45) is 15.9 Å². The van der Waals surface area contributed by atoms with Gasteiger partial charge in [0.2, 0.25) is 0 Å². The molecule has 1 aliphatic carbocycles. The molecule has 0 heterocycles. The van der Waals surface area contributed by atoms with Crippen LogP contribution >= 0.6 is 0 Å². The standard InChI is InChI=1S/C14H21N3/c1-13(2,3)11-7-10(9-16-17-15)12(8-11)14(4,5)6/h7-9H,1-6H3/b10-9-. The van der Waals surface area contributed by atoms with E-state index in [2.05, 4.69) is 63.7 Å². The maximum Gasteiger partial charge on any atom is 0.00847 e.